The van der Waals surface area contributed by atoms with Gasteiger partial charge in [0, 0.05) is 13.6 Å². The summed E-state index contributed by atoms with van der Waals surface area (Å²) in [5, 5.41) is 9.98. The third-order valence-electron chi connectivity index (χ3n) is 4.50. The molecule has 2 atom stereocenters. The Kier molecular flexibility index (Phi) is 7.66. The fraction of sp³-hybridized carbons (Fsp3) is 0.500. The van der Waals surface area contributed by atoms with Crippen molar-refractivity contribution in [3.05, 3.63) is 48.0 Å². The van der Waals surface area contributed by atoms with Crippen LogP contribution in [0.1, 0.15) is 43.0 Å². The van der Waals surface area contributed by atoms with Crippen molar-refractivity contribution in [2.75, 3.05) is 20.3 Å². The van der Waals surface area contributed by atoms with Crippen LogP contribution >= 0.6 is 0 Å². The van der Waals surface area contributed by atoms with Crippen molar-refractivity contribution in [2.45, 2.75) is 44.8 Å². The number of hydrogen-bond acceptors (Lipinski definition) is 4. The van der Waals surface area contributed by atoms with Crippen LogP contribution in [0, 0.1) is 0 Å². The maximum absolute atomic E-state index is 12.3. The van der Waals surface area contributed by atoms with Crippen molar-refractivity contribution < 1.29 is 19.4 Å². The van der Waals surface area contributed by atoms with Crippen LogP contribution in [-0.2, 0) is 4.74 Å². The standard InChI is InChI=1S/C20H28N2O4/c1-3-4-6-11-18(23)13-12-17-14-22(20(25)21(17)2)15-26-19(24)16-9-7-5-8-10-16/h5,7-10,12-13,17-18,23H,3-4,6,11,14-15H2,1-2H3/b13-12+. The third kappa shape index (κ3) is 5.59. The average molecular weight is 360 g/mol. The number of urea groups is 1. The smallest absolute Gasteiger partial charge is 0.339 e. The lowest BCUT2D eigenvalue weighted by Crippen LogP contribution is -2.32. The largest absolute Gasteiger partial charge is 0.441 e. The third-order valence-corrected chi connectivity index (χ3v) is 4.50. The molecule has 1 aromatic carbocycles. The van der Waals surface area contributed by atoms with E-state index in [0.717, 1.165) is 25.7 Å². The number of aliphatic hydroxyl groups excluding tert-OH is 1. The number of aliphatic hydroxyl groups is 1. The SMILES string of the molecule is CCCCCC(O)/C=C/C1CN(COC(=O)c2ccccc2)C(=O)N1C. The van der Waals surface area contributed by atoms with E-state index in [4.69, 9.17) is 4.74 Å². The predicted molar refractivity (Wildman–Crippen MR) is 99.7 cm³/mol. The van der Waals surface area contributed by atoms with E-state index < -0.39 is 12.1 Å². The first kappa shape index (κ1) is 20.0. The van der Waals surface area contributed by atoms with Crippen LogP contribution in [-0.4, -0.2) is 59.4 Å². The summed E-state index contributed by atoms with van der Waals surface area (Å²) in [4.78, 5) is 27.3. The van der Waals surface area contributed by atoms with Gasteiger partial charge < -0.3 is 14.7 Å². The molecule has 6 heteroatoms. The van der Waals surface area contributed by atoms with Crippen molar-refractivity contribution >= 4 is 12.0 Å². The van der Waals surface area contributed by atoms with Crippen LogP contribution in [0.2, 0.25) is 0 Å². The Hall–Kier alpha value is -2.34. The molecular formula is C20H28N2O4. The van der Waals surface area contributed by atoms with Gasteiger partial charge in [0.15, 0.2) is 6.73 Å². The summed E-state index contributed by atoms with van der Waals surface area (Å²) in [5.41, 5.74) is 0.458. The van der Waals surface area contributed by atoms with Gasteiger partial charge in [0.25, 0.3) is 0 Å². The zero-order valence-electron chi connectivity index (χ0n) is 15.5. The molecule has 1 N–H and O–H groups in total. The van der Waals surface area contributed by atoms with Crippen LogP contribution in [0.25, 0.3) is 0 Å². The van der Waals surface area contributed by atoms with Crippen LogP contribution in [0.5, 0.6) is 0 Å². The molecule has 1 heterocycles. The molecule has 1 aliphatic heterocycles. The Morgan fingerprint density at radius 1 is 1.35 bits per heavy atom. The molecule has 0 spiro atoms. The first-order valence-corrected chi connectivity index (χ1v) is 9.13. The number of rotatable bonds is 9. The van der Waals surface area contributed by atoms with E-state index in [-0.39, 0.29) is 18.8 Å². The lowest BCUT2D eigenvalue weighted by Gasteiger charge is -2.15. The molecule has 0 aromatic heterocycles. The molecule has 142 valence electrons. The first-order chi connectivity index (χ1) is 12.5. The lowest BCUT2D eigenvalue weighted by atomic mass is 10.1. The number of carbonyl (C=O) groups excluding carboxylic acids is 2. The average Bonchev–Trinajstić information content (AvgIpc) is 2.93. The molecule has 0 bridgehead atoms. The van der Waals surface area contributed by atoms with E-state index in [2.05, 4.69) is 6.92 Å². The minimum absolute atomic E-state index is 0.0830. The highest BCUT2D eigenvalue weighted by atomic mass is 16.5. The highest BCUT2D eigenvalue weighted by Gasteiger charge is 2.33. The number of esters is 1. The number of amides is 2. The quantitative estimate of drug-likeness (QED) is 0.417. The second-order valence-electron chi connectivity index (χ2n) is 6.56. The molecule has 1 fully saturated rings. The van der Waals surface area contributed by atoms with Gasteiger partial charge in [-0.3, -0.25) is 4.90 Å². The maximum atomic E-state index is 12.3. The summed E-state index contributed by atoms with van der Waals surface area (Å²) < 4.78 is 5.24. The number of nitrogens with zero attached hydrogens (tertiary/aromatic N) is 2. The summed E-state index contributed by atoms with van der Waals surface area (Å²) in [5.74, 6) is -0.452. The molecule has 0 saturated carbocycles. The Morgan fingerprint density at radius 3 is 2.77 bits per heavy atom. The highest BCUT2D eigenvalue weighted by molar-refractivity contribution is 5.89. The minimum Gasteiger partial charge on any atom is -0.441 e. The Morgan fingerprint density at radius 2 is 2.08 bits per heavy atom. The van der Waals surface area contributed by atoms with Gasteiger partial charge >= 0.3 is 12.0 Å². The van der Waals surface area contributed by atoms with Crippen molar-refractivity contribution in [3.8, 4) is 0 Å². The number of hydrogen-bond donors (Lipinski definition) is 1. The highest BCUT2D eigenvalue weighted by Crippen LogP contribution is 2.16. The van der Waals surface area contributed by atoms with E-state index in [9.17, 15) is 14.7 Å². The van der Waals surface area contributed by atoms with Crippen molar-refractivity contribution in [1.82, 2.24) is 9.80 Å². The second-order valence-corrected chi connectivity index (χ2v) is 6.56. The van der Waals surface area contributed by atoms with Gasteiger partial charge in [0.1, 0.15) is 0 Å². The van der Waals surface area contributed by atoms with Gasteiger partial charge in [-0.15, -0.1) is 0 Å². The summed E-state index contributed by atoms with van der Waals surface area (Å²) >= 11 is 0. The molecule has 1 aromatic rings. The van der Waals surface area contributed by atoms with E-state index in [1.54, 1.807) is 42.3 Å². The molecule has 0 aliphatic carbocycles. The molecule has 2 rings (SSSR count). The zero-order chi connectivity index (χ0) is 18.9. The first-order valence-electron chi connectivity index (χ1n) is 9.13. The molecule has 2 amide bonds. The Labute approximate surface area is 155 Å². The van der Waals surface area contributed by atoms with Gasteiger partial charge in [-0.25, -0.2) is 9.59 Å². The monoisotopic (exact) mass is 360 g/mol. The summed E-state index contributed by atoms with van der Waals surface area (Å²) in [6.45, 7) is 2.47. The fourth-order valence-corrected chi connectivity index (χ4v) is 2.84. The molecule has 2 unspecified atom stereocenters. The lowest BCUT2D eigenvalue weighted by molar-refractivity contribution is 0.0326. The normalized spacial score (nSPS) is 18.6. The summed E-state index contributed by atoms with van der Waals surface area (Å²) in [6.07, 6.45) is 7.06. The Bertz CT molecular complexity index is 617. The van der Waals surface area contributed by atoms with Crippen molar-refractivity contribution in [3.63, 3.8) is 0 Å². The second kappa shape index (κ2) is 9.97. The number of benzene rings is 1. The summed E-state index contributed by atoms with van der Waals surface area (Å²) in [7, 11) is 1.71. The van der Waals surface area contributed by atoms with Crippen LogP contribution < -0.4 is 0 Å². The zero-order valence-corrected chi connectivity index (χ0v) is 15.5. The number of carbonyl (C=O) groups is 2. The van der Waals surface area contributed by atoms with E-state index in [1.807, 2.05) is 12.1 Å². The van der Waals surface area contributed by atoms with Gasteiger partial charge in [-0.05, 0) is 18.6 Å². The van der Waals surface area contributed by atoms with Gasteiger partial charge in [-0.2, -0.15) is 0 Å². The van der Waals surface area contributed by atoms with E-state index in [0.29, 0.717) is 12.1 Å². The van der Waals surface area contributed by atoms with Crippen molar-refractivity contribution in [1.29, 1.82) is 0 Å². The minimum atomic E-state index is -0.491. The fourth-order valence-electron chi connectivity index (χ4n) is 2.84. The Balaban J connectivity index is 1.83. The molecule has 1 aliphatic rings. The van der Waals surface area contributed by atoms with E-state index >= 15 is 0 Å². The van der Waals surface area contributed by atoms with Gasteiger partial charge in [0.2, 0.25) is 0 Å². The van der Waals surface area contributed by atoms with Crippen molar-refractivity contribution in [2.24, 2.45) is 0 Å². The van der Waals surface area contributed by atoms with Crippen LogP contribution in [0.3, 0.4) is 0 Å². The predicted octanol–water partition coefficient (Wildman–Crippen LogP) is 3.03. The van der Waals surface area contributed by atoms with Gasteiger partial charge in [-0.1, -0.05) is 56.5 Å². The number of likely N-dealkylation sites (N-methyl/N-ethyl adjacent to an activating group) is 1. The molecule has 26 heavy (non-hydrogen) atoms. The molecule has 0 radical (unpaired) electrons. The summed E-state index contributed by atoms with van der Waals surface area (Å²) in [6, 6.07) is 8.36. The molecule has 6 nitrogen and oxygen atoms in total. The number of unbranched alkanes of at least 4 members (excludes halogenated alkanes) is 2. The van der Waals surface area contributed by atoms with Gasteiger partial charge in [0.05, 0.1) is 17.7 Å². The molecular weight excluding hydrogens is 332 g/mol. The topological polar surface area (TPSA) is 70.1 Å². The number of ether oxygens (including phenoxy) is 1. The van der Waals surface area contributed by atoms with Crippen LogP contribution in [0.4, 0.5) is 4.79 Å². The van der Waals surface area contributed by atoms with Crippen LogP contribution in [0.15, 0.2) is 42.5 Å². The van der Waals surface area contributed by atoms with E-state index in [1.165, 1.54) is 4.90 Å². The maximum Gasteiger partial charge on any atom is 0.339 e. The molecule has 1 saturated heterocycles.